The molecule has 0 saturated heterocycles. The summed E-state index contributed by atoms with van der Waals surface area (Å²) in [6.45, 7) is -0.0395. The molecule has 0 saturated carbocycles. The van der Waals surface area contributed by atoms with Gasteiger partial charge in [-0.05, 0) is 0 Å². The molecule has 0 bridgehead atoms. The van der Waals surface area contributed by atoms with Crippen LogP contribution < -0.4 is 5.73 Å². The van der Waals surface area contributed by atoms with E-state index in [4.69, 9.17) is 5.73 Å². The predicted octanol–water partition coefficient (Wildman–Crippen LogP) is 0.700. The lowest BCUT2D eigenvalue weighted by Gasteiger charge is -1.99. The van der Waals surface area contributed by atoms with Gasteiger partial charge >= 0.3 is 5.97 Å². The van der Waals surface area contributed by atoms with Crippen molar-refractivity contribution in [1.82, 2.24) is 14.8 Å². The maximum absolute atomic E-state index is 11.1. The minimum absolute atomic E-state index is 0.0395. The van der Waals surface area contributed by atoms with Gasteiger partial charge in [0.1, 0.15) is 6.54 Å². The van der Waals surface area contributed by atoms with Crippen molar-refractivity contribution < 1.29 is 9.53 Å². The van der Waals surface area contributed by atoms with Gasteiger partial charge in [-0.25, -0.2) is 4.68 Å². The minimum Gasteiger partial charge on any atom is -0.468 e. The average Bonchev–Trinajstić information content (AvgIpc) is 2.72. The molecule has 0 atom stereocenters. The highest BCUT2D eigenvalue weighted by atomic mass is 16.5. The third kappa shape index (κ3) is 2.41. The number of carbonyl (C=O) groups excluding carboxylic acids is 1. The summed E-state index contributed by atoms with van der Waals surface area (Å²) < 4.78 is 5.85. The van der Waals surface area contributed by atoms with E-state index in [1.54, 1.807) is 0 Å². The second kappa shape index (κ2) is 4.65. The molecule has 0 unspecified atom stereocenters. The molecule has 1 aromatic carbocycles. The number of carbonyl (C=O) groups is 1. The van der Waals surface area contributed by atoms with Crippen molar-refractivity contribution in [2.75, 3.05) is 12.8 Å². The van der Waals surface area contributed by atoms with Crippen LogP contribution in [0.2, 0.25) is 0 Å². The molecule has 0 spiro atoms. The fraction of sp³-hybridized carbons (Fsp3) is 0.182. The quantitative estimate of drug-likeness (QED) is 0.787. The minimum atomic E-state index is -0.416. The van der Waals surface area contributed by atoms with Gasteiger partial charge in [0.05, 0.1) is 7.11 Å². The molecule has 1 aromatic heterocycles. The van der Waals surface area contributed by atoms with Crippen LogP contribution in [-0.2, 0) is 16.1 Å². The van der Waals surface area contributed by atoms with Crippen LogP contribution in [0.3, 0.4) is 0 Å². The molecular formula is C11H12N4O2. The molecule has 17 heavy (non-hydrogen) atoms. The van der Waals surface area contributed by atoms with Crippen molar-refractivity contribution in [2.45, 2.75) is 6.54 Å². The Labute approximate surface area is 98.0 Å². The third-order valence-corrected chi connectivity index (χ3v) is 2.24. The van der Waals surface area contributed by atoms with Gasteiger partial charge in [0.25, 0.3) is 0 Å². The number of nitrogen functional groups attached to an aromatic ring is 1. The fourth-order valence-electron chi connectivity index (χ4n) is 1.37. The Kier molecular flexibility index (Phi) is 3.04. The summed E-state index contributed by atoms with van der Waals surface area (Å²) >= 11 is 0. The Morgan fingerprint density at radius 1 is 1.41 bits per heavy atom. The first kappa shape index (κ1) is 11.1. The molecule has 1 heterocycles. The van der Waals surface area contributed by atoms with E-state index < -0.39 is 5.97 Å². The van der Waals surface area contributed by atoms with Gasteiger partial charge in [0.2, 0.25) is 5.95 Å². The van der Waals surface area contributed by atoms with Gasteiger partial charge in [-0.2, -0.15) is 4.98 Å². The number of rotatable bonds is 3. The molecule has 88 valence electrons. The van der Waals surface area contributed by atoms with E-state index in [9.17, 15) is 4.79 Å². The molecule has 6 heteroatoms. The lowest BCUT2D eigenvalue weighted by molar-refractivity contribution is -0.141. The Morgan fingerprint density at radius 2 is 2.12 bits per heavy atom. The SMILES string of the molecule is COC(=O)Cn1nc(-c2ccccc2)nc1N. The summed E-state index contributed by atoms with van der Waals surface area (Å²) in [4.78, 5) is 15.2. The van der Waals surface area contributed by atoms with Crippen molar-refractivity contribution in [3.63, 3.8) is 0 Å². The van der Waals surface area contributed by atoms with Crippen molar-refractivity contribution in [1.29, 1.82) is 0 Å². The number of benzene rings is 1. The lowest BCUT2D eigenvalue weighted by Crippen LogP contribution is -2.14. The van der Waals surface area contributed by atoms with Crippen LogP contribution in [0.15, 0.2) is 30.3 Å². The maximum Gasteiger partial charge on any atom is 0.327 e. The van der Waals surface area contributed by atoms with Crippen molar-refractivity contribution in [2.24, 2.45) is 0 Å². The van der Waals surface area contributed by atoms with Gasteiger partial charge < -0.3 is 10.5 Å². The van der Waals surface area contributed by atoms with Gasteiger partial charge in [-0.15, -0.1) is 5.10 Å². The maximum atomic E-state index is 11.1. The third-order valence-electron chi connectivity index (χ3n) is 2.24. The van der Waals surface area contributed by atoms with Gasteiger partial charge in [-0.1, -0.05) is 30.3 Å². The Hall–Kier alpha value is -2.37. The largest absolute Gasteiger partial charge is 0.468 e. The predicted molar refractivity (Wildman–Crippen MR) is 61.9 cm³/mol. The molecule has 0 aliphatic rings. The molecule has 0 fully saturated rings. The number of aromatic nitrogens is 3. The van der Waals surface area contributed by atoms with Crippen LogP contribution in [0.1, 0.15) is 0 Å². The van der Waals surface area contributed by atoms with E-state index in [-0.39, 0.29) is 12.5 Å². The first-order chi connectivity index (χ1) is 8.20. The molecule has 0 aliphatic carbocycles. The van der Waals surface area contributed by atoms with E-state index >= 15 is 0 Å². The van der Waals surface area contributed by atoms with E-state index in [0.29, 0.717) is 5.82 Å². The molecule has 0 amide bonds. The number of methoxy groups -OCH3 is 1. The number of hydrogen-bond donors (Lipinski definition) is 1. The standard InChI is InChI=1S/C11H12N4O2/c1-17-9(16)7-15-11(12)13-10(14-15)8-5-3-2-4-6-8/h2-6H,7H2,1H3,(H2,12,13,14). The first-order valence-electron chi connectivity index (χ1n) is 5.03. The second-order valence-electron chi connectivity index (χ2n) is 3.39. The summed E-state index contributed by atoms with van der Waals surface area (Å²) in [5, 5.41) is 4.15. The van der Waals surface area contributed by atoms with Crippen LogP contribution in [0.5, 0.6) is 0 Å². The molecule has 2 N–H and O–H groups in total. The smallest absolute Gasteiger partial charge is 0.327 e. The topological polar surface area (TPSA) is 83.0 Å². The number of ether oxygens (including phenoxy) is 1. The summed E-state index contributed by atoms with van der Waals surface area (Å²) in [6.07, 6.45) is 0. The van der Waals surface area contributed by atoms with Crippen LogP contribution in [0.25, 0.3) is 11.4 Å². The van der Waals surface area contributed by atoms with E-state index in [1.807, 2.05) is 30.3 Å². The zero-order valence-electron chi connectivity index (χ0n) is 9.33. The number of nitrogens with zero attached hydrogens (tertiary/aromatic N) is 3. The van der Waals surface area contributed by atoms with Gasteiger partial charge in [0, 0.05) is 5.56 Å². The molecule has 2 rings (SSSR count). The highest BCUT2D eigenvalue weighted by Crippen LogP contribution is 2.15. The zero-order chi connectivity index (χ0) is 12.3. The Morgan fingerprint density at radius 3 is 2.76 bits per heavy atom. The highest BCUT2D eigenvalue weighted by molar-refractivity contribution is 5.69. The summed E-state index contributed by atoms with van der Waals surface area (Å²) in [5.41, 5.74) is 6.51. The fourth-order valence-corrected chi connectivity index (χ4v) is 1.37. The molecule has 0 radical (unpaired) electrons. The number of hydrogen-bond acceptors (Lipinski definition) is 5. The van der Waals surface area contributed by atoms with Crippen LogP contribution in [0.4, 0.5) is 5.95 Å². The highest BCUT2D eigenvalue weighted by Gasteiger charge is 2.11. The lowest BCUT2D eigenvalue weighted by atomic mass is 10.2. The average molecular weight is 232 g/mol. The summed E-state index contributed by atoms with van der Waals surface area (Å²) in [6, 6.07) is 9.41. The molecule has 0 aliphatic heterocycles. The number of esters is 1. The molecule has 6 nitrogen and oxygen atoms in total. The normalized spacial score (nSPS) is 10.2. The number of anilines is 1. The second-order valence-corrected chi connectivity index (χ2v) is 3.39. The monoisotopic (exact) mass is 232 g/mol. The Bertz CT molecular complexity index is 522. The molecule has 2 aromatic rings. The van der Waals surface area contributed by atoms with E-state index in [1.165, 1.54) is 11.8 Å². The van der Waals surface area contributed by atoms with E-state index in [2.05, 4.69) is 14.8 Å². The molecular weight excluding hydrogens is 220 g/mol. The zero-order valence-corrected chi connectivity index (χ0v) is 9.33. The number of nitrogens with two attached hydrogens (primary N) is 1. The van der Waals surface area contributed by atoms with Crippen LogP contribution >= 0.6 is 0 Å². The van der Waals surface area contributed by atoms with Gasteiger partial charge in [0.15, 0.2) is 5.82 Å². The Balaban J connectivity index is 2.28. The van der Waals surface area contributed by atoms with Crippen LogP contribution in [-0.4, -0.2) is 27.8 Å². The first-order valence-corrected chi connectivity index (χ1v) is 5.03. The van der Waals surface area contributed by atoms with Crippen molar-refractivity contribution >= 4 is 11.9 Å². The van der Waals surface area contributed by atoms with Gasteiger partial charge in [-0.3, -0.25) is 4.79 Å². The summed E-state index contributed by atoms with van der Waals surface area (Å²) in [5.74, 6) is 0.266. The van der Waals surface area contributed by atoms with E-state index in [0.717, 1.165) is 5.56 Å². The summed E-state index contributed by atoms with van der Waals surface area (Å²) in [7, 11) is 1.31. The van der Waals surface area contributed by atoms with Crippen LogP contribution in [0, 0.1) is 0 Å². The van der Waals surface area contributed by atoms with Crippen molar-refractivity contribution in [3.05, 3.63) is 30.3 Å². The van der Waals surface area contributed by atoms with Crippen molar-refractivity contribution in [3.8, 4) is 11.4 Å².